The average Bonchev–Trinajstić information content (AvgIpc) is 3.39. The Morgan fingerprint density at radius 2 is 1.51 bits per heavy atom. The Morgan fingerprint density at radius 3 is 2.05 bits per heavy atom. The molecule has 0 saturated carbocycles. The van der Waals surface area contributed by atoms with Crippen molar-refractivity contribution in [3.05, 3.63) is 0 Å². The molecule has 0 aromatic rings. The molecule has 20 heteroatoms. The van der Waals surface area contributed by atoms with Gasteiger partial charge < -0.3 is 28.8 Å². The van der Waals surface area contributed by atoms with Crippen LogP contribution in [0.25, 0.3) is 0 Å². The van der Waals surface area contributed by atoms with Crippen molar-refractivity contribution in [2.24, 2.45) is 0 Å². The lowest BCUT2D eigenvalue weighted by Gasteiger charge is -2.33. The Labute approximate surface area is 228 Å². The maximum atomic E-state index is 14.7. The van der Waals surface area contributed by atoms with Gasteiger partial charge in [0.25, 0.3) is 0 Å². The van der Waals surface area contributed by atoms with Crippen LogP contribution in [-0.2, 0) is 47.5 Å². The molecule has 0 radical (unpaired) electrons. The summed E-state index contributed by atoms with van der Waals surface area (Å²) in [7, 11) is -6.98. The van der Waals surface area contributed by atoms with E-state index in [1.165, 1.54) is 27.7 Å². The van der Waals surface area contributed by atoms with Crippen LogP contribution in [0.2, 0.25) is 0 Å². The number of aliphatic carboxylic acids is 1. The first-order valence-electron chi connectivity index (χ1n) is 12.0. The molecule has 11 nitrogen and oxygen atoms in total. The highest BCUT2D eigenvalue weighted by atomic mass is 32.2. The molecule has 5 atom stereocenters. The second kappa shape index (κ2) is 10.9. The molecule has 3 aliphatic heterocycles. The summed E-state index contributed by atoms with van der Waals surface area (Å²) in [5.74, 6) is -9.76. The lowest BCUT2D eigenvalue weighted by atomic mass is 10.1. The maximum Gasteiger partial charge on any atom is 0.460 e. The van der Waals surface area contributed by atoms with Gasteiger partial charge >= 0.3 is 39.5 Å². The third-order valence-corrected chi connectivity index (χ3v) is 7.47. The van der Waals surface area contributed by atoms with Gasteiger partial charge in [0.05, 0.1) is 6.61 Å². The van der Waals surface area contributed by atoms with Crippen LogP contribution in [0.5, 0.6) is 0 Å². The normalized spacial score (nSPS) is 30.5. The molecule has 1 N–H and O–H groups in total. The van der Waals surface area contributed by atoms with Gasteiger partial charge in [0.2, 0.25) is 0 Å². The fourth-order valence-electron chi connectivity index (χ4n) is 4.21. The number of halogens is 8. The van der Waals surface area contributed by atoms with E-state index in [-0.39, 0.29) is 6.61 Å². The summed E-state index contributed by atoms with van der Waals surface area (Å²) < 4.78 is 173. The van der Waals surface area contributed by atoms with E-state index in [2.05, 4.69) is 8.92 Å². The van der Waals surface area contributed by atoms with Crippen LogP contribution in [0.1, 0.15) is 53.4 Å². The highest BCUT2D eigenvalue weighted by molar-refractivity contribution is 7.87. The van der Waals surface area contributed by atoms with Gasteiger partial charge in [-0.3, -0.25) is 8.98 Å². The zero-order valence-electron chi connectivity index (χ0n) is 21.9. The fourth-order valence-corrected chi connectivity index (χ4v) is 5.17. The van der Waals surface area contributed by atoms with Crippen molar-refractivity contribution >= 4 is 16.1 Å². The zero-order chi connectivity index (χ0) is 31.4. The molecule has 3 heterocycles. The van der Waals surface area contributed by atoms with Crippen molar-refractivity contribution in [2.75, 3.05) is 6.61 Å². The predicted octanol–water partition coefficient (Wildman–Crippen LogP) is 3.80. The second-order valence-electron chi connectivity index (χ2n) is 10.4. The molecule has 0 aliphatic carbocycles. The minimum atomic E-state index is -6.98. The van der Waals surface area contributed by atoms with Crippen molar-refractivity contribution in [3.63, 3.8) is 0 Å². The summed E-state index contributed by atoms with van der Waals surface area (Å²) in [5, 5.41) is 1.79. The first-order chi connectivity index (χ1) is 18.3. The minimum absolute atomic E-state index is 0.316. The van der Waals surface area contributed by atoms with Crippen molar-refractivity contribution in [1.82, 2.24) is 0 Å². The third-order valence-electron chi connectivity index (χ3n) is 6.13. The van der Waals surface area contributed by atoms with E-state index in [1.54, 1.807) is 0 Å². The molecule has 0 amide bonds. The summed E-state index contributed by atoms with van der Waals surface area (Å²) in [4.78, 5) is 10.4. The van der Waals surface area contributed by atoms with Gasteiger partial charge in [-0.1, -0.05) is 0 Å². The number of carboxylic acid groups (broad SMARTS) is 1. The van der Waals surface area contributed by atoms with Crippen molar-refractivity contribution in [3.8, 4) is 0 Å². The molecule has 0 aromatic heterocycles. The van der Waals surface area contributed by atoms with E-state index in [0.29, 0.717) is 0 Å². The molecule has 3 saturated heterocycles. The Kier molecular flexibility index (Phi) is 9.09. The number of unbranched alkanes of at least 4 members (excludes halogenated alkanes) is 1. The molecule has 3 fully saturated rings. The Bertz CT molecular complexity index is 1090. The third kappa shape index (κ3) is 7.05. The molecule has 0 bridgehead atoms. The van der Waals surface area contributed by atoms with E-state index in [4.69, 9.17) is 28.8 Å². The molecular weight excluding hydrogens is 612 g/mol. The van der Waals surface area contributed by atoms with Crippen LogP contribution in [0.3, 0.4) is 0 Å². The van der Waals surface area contributed by atoms with E-state index in [0.717, 1.165) is 0 Å². The van der Waals surface area contributed by atoms with Crippen molar-refractivity contribution in [2.45, 2.75) is 119 Å². The smallest absolute Gasteiger partial charge is 0.460 e. The van der Waals surface area contributed by atoms with Crippen LogP contribution in [0.15, 0.2) is 0 Å². The average molecular weight is 640 g/mol. The topological polar surface area (TPSA) is 136 Å². The quantitative estimate of drug-likeness (QED) is 0.179. The van der Waals surface area contributed by atoms with E-state index >= 15 is 0 Å². The van der Waals surface area contributed by atoms with Gasteiger partial charge in [-0.15, -0.1) is 0 Å². The molecule has 3 rings (SSSR count). The Hall–Kier alpha value is -1.42. The summed E-state index contributed by atoms with van der Waals surface area (Å²) in [6.07, 6.45) is -25.5. The summed E-state index contributed by atoms with van der Waals surface area (Å²) >= 11 is 0. The number of carbonyl (C=O) groups is 1. The maximum absolute atomic E-state index is 14.7. The fraction of sp³-hybridized carbons (Fsp3) is 0.952. The van der Waals surface area contributed by atoms with Crippen molar-refractivity contribution < 1.29 is 86.0 Å². The molecule has 0 aromatic carbocycles. The number of carboxylic acids is 1. The van der Waals surface area contributed by atoms with Gasteiger partial charge in [0.1, 0.15) is 24.4 Å². The Morgan fingerprint density at radius 1 is 0.902 bits per heavy atom. The van der Waals surface area contributed by atoms with E-state index in [9.17, 15) is 48.3 Å². The van der Waals surface area contributed by atoms with Crippen LogP contribution in [0.4, 0.5) is 35.1 Å². The first-order valence-corrected chi connectivity index (χ1v) is 13.4. The van der Waals surface area contributed by atoms with Gasteiger partial charge in [-0.05, 0) is 40.5 Å². The molecule has 3 aliphatic rings. The lowest BCUT2D eigenvalue weighted by Crippen LogP contribution is -2.57. The van der Waals surface area contributed by atoms with Crippen LogP contribution in [-0.4, -0.2) is 91.8 Å². The summed E-state index contributed by atoms with van der Waals surface area (Å²) in [6.45, 7) is 5.17. The standard InChI is InChI=1S/C21H28F8O11S/c1-16(2)34-9-10(36-16)12-13(14-15(35-12)38-17(3,4)37-14)39-41(32,33)21(28,29)20(26,27)40-19(24,25)18(22,23)8-6-5-7-11(30)31/h10,12-15H,5-9H2,1-4H3,(H,30,31)/t10?,12-,13?,14+,15-/m1/s1. The van der Waals surface area contributed by atoms with Gasteiger partial charge in [0.15, 0.2) is 17.9 Å². The second-order valence-corrected chi connectivity index (χ2v) is 12.0. The number of hydrogen-bond donors (Lipinski definition) is 1. The van der Waals surface area contributed by atoms with Crippen LogP contribution >= 0.6 is 0 Å². The first kappa shape index (κ1) is 34.1. The monoisotopic (exact) mass is 640 g/mol. The lowest BCUT2D eigenvalue weighted by molar-refractivity contribution is -0.456. The summed E-state index contributed by atoms with van der Waals surface area (Å²) in [6, 6.07) is 0. The molecule has 2 unspecified atom stereocenters. The van der Waals surface area contributed by atoms with Gasteiger partial charge in [0, 0.05) is 12.8 Å². The van der Waals surface area contributed by atoms with Crippen LogP contribution < -0.4 is 0 Å². The van der Waals surface area contributed by atoms with Crippen LogP contribution in [0, 0.1) is 0 Å². The molecule has 240 valence electrons. The molecule has 0 spiro atoms. The minimum Gasteiger partial charge on any atom is -0.481 e. The Balaban J connectivity index is 1.81. The molecular formula is C21H28F8O11S. The summed E-state index contributed by atoms with van der Waals surface area (Å²) in [5.41, 5.74) is 0. The van der Waals surface area contributed by atoms with Crippen molar-refractivity contribution in [1.29, 1.82) is 0 Å². The highest BCUT2D eigenvalue weighted by Gasteiger charge is 2.75. The number of fused-ring (bicyclic) bond motifs is 1. The zero-order valence-corrected chi connectivity index (χ0v) is 22.7. The van der Waals surface area contributed by atoms with E-state index < -0.39 is 107 Å². The van der Waals surface area contributed by atoms with E-state index in [1.807, 2.05) is 0 Å². The van der Waals surface area contributed by atoms with Gasteiger partial charge in [-0.2, -0.15) is 43.5 Å². The number of rotatable bonds is 13. The van der Waals surface area contributed by atoms with Gasteiger partial charge in [-0.25, -0.2) is 4.74 Å². The largest absolute Gasteiger partial charge is 0.481 e. The molecule has 41 heavy (non-hydrogen) atoms. The number of alkyl halides is 8. The highest BCUT2D eigenvalue weighted by Crippen LogP contribution is 2.50. The number of ether oxygens (including phenoxy) is 6. The predicted molar refractivity (Wildman–Crippen MR) is 114 cm³/mol. The SMILES string of the molecule is CC1(C)OCC([C@H]2O[C@@H]3OC(C)(C)O[C@H]3C2OS(=O)(=O)C(F)(F)C(F)(F)OC(F)(F)C(F)(F)CCCCC(=O)O)O1. The number of hydrogen-bond acceptors (Lipinski definition) is 10.